The number of aliphatic hydroxyl groups is 1. The van der Waals surface area contributed by atoms with Gasteiger partial charge in [-0.2, -0.15) is 0 Å². The highest BCUT2D eigenvalue weighted by Crippen LogP contribution is 2.46. The van der Waals surface area contributed by atoms with Crippen molar-refractivity contribution in [1.29, 1.82) is 0 Å². The van der Waals surface area contributed by atoms with Gasteiger partial charge in [-0.1, -0.05) is 39.5 Å². The topological polar surface area (TPSA) is 23.5 Å². The van der Waals surface area contributed by atoms with Crippen LogP contribution in [-0.4, -0.2) is 35.2 Å². The molecule has 0 radical (unpaired) electrons. The Morgan fingerprint density at radius 3 is 1.94 bits per heavy atom. The van der Waals surface area contributed by atoms with E-state index in [4.69, 9.17) is 0 Å². The molecule has 1 heterocycles. The highest BCUT2D eigenvalue weighted by molar-refractivity contribution is 5.03. The molecule has 2 fully saturated rings. The molecule has 100 valence electrons. The standard InChI is InChI=1S/C15H29NO/c1-3-15(4-2,13-17)16-11-14(12-16)9-7-5-6-8-10-14/h17H,3-13H2,1-2H3. The first-order chi connectivity index (χ1) is 8.20. The van der Waals surface area contributed by atoms with Gasteiger partial charge in [0.2, 0.25) is 0 Å². The van der Waals surface area contributed by atoms with Crippen LogP contribution < -0.4 is 0 Å². The molecular weight excluding hydrogens is 210 g/mol. The maximum absolute atomic E-state index is 9.71. The minimum atomic E-state index is 0.0809. The molecule has 2 rings (SSSR count). The van der Waals surface area contributed by atoms with Crippen molar-refractivity contribution in [2.45, 2.75) is 70.8 Å². The first kappa shape index (κ1) is 13.4. The van der Waals surface area contributed by atoms with Crippen LogP contribution in [0, 0.1) is 5.41 Å². The number of likely N-dealkylation sites (tertiary alicyclic amines) is 1. The van der Waals surface area contributed by atoms with Crippen LogP contribution in [0.4, 0.5) is 0 Å². The van der Waals surface area contributed by atoms with Gasteiger partial charge in [0.05, 0.1) is 6.61 Å². The Bertz CT molecular complexity index is 223. The van der Waals surface area contributed by atoms with Crippen molar-refractivity contribution >= 4 is 0 Å². The Balaban J connectivity index is 1.95. The van der Waals surface area contributed by atoms with Crippen LogP contribution in [-0.2, 0) is 0 Å². The molecular formula is C15H29NO. The van der Waals surface area contributed by atoms with E-state index < -0.39 is 0 Å². The number of hydrogen-bond donors (Lipinski definition) is 1. The molecule has 1 spiro atoms. The number of rotatable bonds is 4. The van der Waals surface area contributed by atoms with Crippen LogP contribution in [0.3, 0.4) is 0 Å². The minimum absolute atomic E-state index is 0.0809. The summed E-state index contributed by atoms with van der Waals surface area (Å²) in [5.74, 6) is 0. The number of aliphatic hydroxyl groups excluding tert-OH is 1. The van der Waals surface area contributed by atoms with Crippen molar-refractivity contribution in [3.63, 3.8) is 0 Å². The summed E-state index contributed by atoms with van der Waals surface area (Å²) < 4.78 is 0. The Kier molecular flexibility index (Phi) is 4.14. The Morgan fingerprint density at radius 1 is 1.00 bits per heavy atom. The monoisotopic (exact) mass is 239 g/mol. The summed E-state index contributed by atoms with van der Waals surface area (Å²) in [6, 6.07) is 0. The molecule has 1 saturated carbocycles. The van der Waals surface area contributed by atoms with Gasteiger partial charge in [0, 0.05) is 18.6 Å². The van der Waals surface area contributed by atoms with Gasteiger partial charge in [-0.3, -0.25) is 4.90 Å². The third-order valence-electron chi connectivity index (χ3n) is 5.50. The zero-order valence-electron chi connectivity index (χ0n) is 11.7. The molecule has 2 aliphatic rings. The second-order valence-electron chi connectivity index (χ2n) is 6.36. The van der Waals surface area contributed by atoms with Crippen molar-refractivity contribution in [1.82, 2.24) is 4.90 Å². The van der Waals surface area contributed by atoms with E-state index in [0.29, 0.717) is 12.0 Å². The van der Waals surface area contributed by atoms with Crippen molar-refractivity contribution in [3.8, 4) is 0 Å². The van der Waals surface area contributed by atoms with Crippen molar-refractivity contribution < 1.29 is 5.11 Å². The van der Waals surface area contributed by atoms with Crippen molar-refractivity contribution in [3.05, 3.63) is 0 Å². The van der Waals surface area contributed by atoms with E-state index in [0.717, 1.165) is 12.8 Å². The van der Waals surface area contributed by atoms with Gasteiger partial charge in [-0.05, 0) is 31.1 Å². The van der Waals surface area contributed by atoms with Crippen molar-refractivity contribution in [2.24, 2.45) is 5.41 Å². The Labute approximate surface area is 106 Å². The lowest BCUT2D eigenvalue weighted by Crippen LogP contribution is -2.66. The molecule has 0 unspecified atom stereocenters. The van der Waals surface area contributed by atoms with Gasteiger partial charge in [-0.25, -0.2) is 0 Å². The van der Waals surface area contributed by atoms with Gasteiger partial charge >= 0.3 is 0 Å². The summed E-state index contributed by atoms with van der Waals surface area (Å²) in [4.78, 5) is 2.57. The average Bonchev–Trinajstić information content (AvgIpc) is 2.57. The Morgan fingerprint density at radius 2 is 1.53 bits per heavy atom. The van der Waals surface area contributed by atoms with E-state index in [1.54, 1.807) is 0 Å². The second kappa shape index (κ2) is 5.27. The molecule has 0 bridgehead atoms. The van der Waals surface area contributed by atoms with E-state index >= 15 is 0 Å². The third kappa shape index (κ3) is 2.39. The molecule has 2 heteroatoms. The van der Waals surface area contributed by atoms with Crippen LogP contribution >= 0.6 is 0 Å². The van der Waals surface area contributed by atoms with Crippen LogP contribution in [0.5, 0.6) is 0 Å². The number of nitrogens with zero attached hydrogens (tertiary/aromatic N) is 1. The molecule has 17 heavy (non-hydrogen) atoms. The summed E-state index contributed by atoms with van der Waals surface area (Å²) in [7, 11) is 0. The van der Waals surface area contributed by atoms with E-state index in [2.05, 4.69) is 18.7 Å². The van der Waals surface area contributed by atoms with Crippen LogP contribution in [0.25, 0.3) is 0 Å². The smallest absolute Gasteiger partial charge is 0.0615 e. The summed E-state index contributed by atoms with van der Waals surface area (Å²) in [6.07, 6.45) is 10.8. The summed E-state index contributed by atoms with van der Waals surface area (Å²) in [5, 5.41) is 9.71. The fourth-order valence-corrected chi connectivity index (χ4v) is 3.91. The molecule has 0 aromatic carbocycles. The molecule has 0 aromatic heterocycles. The maximum atomic E-state index is 9.71. The van der Waals surface area contributed by atoms with E-state index in [-0.39, 0.29) is 5.54 Å². The highest BCUT2D eigenvalue weighted by Gasteiger charge is 2.49. The molecule has 2 nitrogen and oxygen atoms in total. The number of hydrogen-bond acceptors (Lipinski definition) is 2. The maximum Gasteiger partial charge on any atom is 0.0615 e. The van der Waals surface area contributed by atoms with E-state index in [9.17, 15) is 5.11 Å². The van der Waals surface area contributed by atoms with Crippen LogP contribution in [0.1, 0.15) is 65.2 Å². The zero-order chi connectivity index (χ0) is 12.4. The van der Waals surface area contributed by atoms with E-state index in [1.807, 2.05) is 0 Å². The van der Waals surface area contributed by atoms with E-state index in [1.165, 1.54) is 51.6 Å². The van der Waals surface area contributed by atoms with Gasteiger partial charge < -0.3 is 5.11 Å². The lowest BCUT2D eigenvalue weighted by Gasteiger charge is -2.58. The average molecular weight is 239 g/mol. The SMILES string of the molecule is CCC(CC)(CO)N1CC2(CCCCCC2)C1. The summed E-state index contributed by atoms with van der Waals surface area (Å²) in [5.41, 5.74) is 0.707. The molecule has 1 aliphatic heterocycles. The molecule has 1 N–H and O–H groups in total. The summed E-state index contributed by atoms with van der Waals surface area (Å²) in [6.45, 7) is 7.26. The van der Waals surface area contributed by atoms with Gasteiger partial charge in [-0.15, -0.1) is 0 Å². The van der Waals surface area contributed by atoms with Crippen LogP contribution in [0.2, 0.25) is 0 Å². The third-order valence-corrected chi connectivity index (χ3v) is 5.50. The lowest BCUT2D eigenvalue weighted by atomic mass is 9.70. The first-order valence-corrected chi connectivity index (χ1v) is 7.56. The highest BCUT2D eigenvalue weighted by atomic mass is 16.3. The van der Waals surface area contributed by atoms with Gasteiger partial charge in [0.1, 0.15) is 0 Å². The molecule has 0 atom stereocenters. The minimum Gasteiger partial charge on any atom is -0.394 e. The van der Waals surface area contributed by atoms with Gasteiger partial charge in [0.15, 0.2) is 0 Å². The normalized spacial score (nSPS) is 25.6. The zero-order valence-corrected chi connectivity index (χ0v) is 11.7. The summed E-state index contributed by atoms with van der Waals surface area (Å²) >= 11 is 0. The van der Waals surface area contributed by atoms with Gasteiger partial charge in [0.25, 0.3) is 0 Å². The molecule has 1 saturated heterocycles. The molecule has 0 amide bonds. The first-order valence-electron chi connectivity index (χ1n) is 7.56. The quantitative estimate of drug-likeness (QED) is 0.814. The molecule has 0 aromatic rings. The predicted molar refractivity (Wildman–Crippen MR) is 72.1 cm³/mol. The van der Waals surface area contributed by atoms with Crippen molar-refractivity contribution in [2.75, 3.05) is 19.7 Å². The lowest BCUT2D eigenvalue weighted by molar-refractivity contribution is -0.108. The molecule has 1 aliphatic carbocycles. The predicted octanol–water partition coefficient (Wildman–Crippen LogP) is 3.19. The fourth-order valence-electron chi connectivity index (χ4n) is 3.91. The second-order valence-corrected chi connectivity index (χ2v) is 6.36. The fraction of sp³-hybridized carbons (Fsp3) is 1.00. The Hall–Kier alpha value is -0.0800. The van der Waals surface area contributed by atoms with Crippen LogP contribution in [0.15, 0.2) is 0 Å². The largest absolute Gasteiger partial charge is 0.394 e.